The van der Waals surface area contributed by atoms with Crippen LogP contribution in [0.1, 0.15) is 40.8 Å². The number of methoxy groups -OCH3 is 1. The number of fused-ring (bicyclic) bond motifs is 1. The van der Waals surface area contributed by atoms with E-state index < -0.39 is 4.92 Å². The smallest absolute Gasteiger partial charge is 0.269 e. The lowest BCUT2D eigenvalue weighted by Gasteiger charge is -2.40. The van der Waals surface area contributed by atoms with E-state index in [4.69, 9.17) is 4.74 Å². The zero-order valence-corrected chi connectivity index (χ0v) is 20.8. The van der Waals surface area contributed by atoms with E-state index in [1.807, 2.05) is 61.5 Å². The lowest BCUT2D eigenvalue weighted by atomic mass is 9.74. The van der Waals surface area contributed by atoms with Crippen LogP contribution in [0.3, 0.4) is 0 Å². The molecule has 2 saturated heterocycles. The van der Waals surface area contributed by atoms with E-state index in [0.717, 1.165) is 22.4 Å². The van der Waals surface area contributed by atoms with E-state index in [9.17, 15) is 14.9 Å². The Morgan fingerprint density at radius 2 is 1.81 bits per heavy atom. The first-order chi connectivity index (χ1) is 17.9. The maximum Gasteiger partial charge on any atom is 0.269 e. The van der Waals surface area contributed by atoms with E-state index in [1.54, 1.807) is 19.2 Å². The molecule has 2 aliphatic heterocycles. The summed E-state index contributed by atoms with van der Waals surface area (Å²) in [5, 5.41) is 18.2. The lowest BCUT2D eigenvalue weighted by Crippen LogP contribution is -2.54. The number of hydrogen-bond donors (Lipinski definition) is 4. The fraction of sp³-hybridized carbons (Fsp3) is 0.321. The number of nitro benzene ring substituents is 1. The van der Waals surface area contributed by atoms with Gasteiger partial charge >= 0.3 is 0 Å². The van der Waals surface area contributed by atoms with Crippen molar-refractivity contribution in [1.82, 2.24) is 21.5 Å². The fourth-order valence-electron chi connectivity index (χ4n) is 5.39. The Morgan fingerprint density at radius 1 is 1.05 bits per heavy atom. The number of aryl methyl sites for hydroxylation is 1. The molecule has 0 spiro atoms. The van der Waals surface area contributed by atoms with E-state index >= 15 is 0 Å². The van der Waals surface area contributed by atoms with E-state index in [1.165, 1.54) is 11.6 Å². The van der Waals surface area contributed by atoms with Gasteiger partial charge in [-0.3, -0.25) is 20.2 Å². The Hall–Kier alpha value is -3.79. The minimum atomic E-state index is -0.395. The number of carbonyl (C=O) groups is 1. The number of benzene rings is 3. The molecule has 37 heavy (non-hydrogen) atoms. The highest BCUT2D eigenvalue weighted by Gasteiger charge is 2.49. The summed E-state index contributed by atoms with van der Waals surface area (Å²) in [6, 6.07) is 22.3. The Morgan fingerprint density at radius 3 is 2.51 bits per heavy atom. The number of non-ortho nitro benzene ring substituents is 1. The van der Waals surface area contributed by atoms with Crippen molar-refractivity contribution in [3.63, 3.8) is 0 Å². The first-order valence-corrected chi connectivity index (χ1v) is 12.4. The molecule has 5 atom stereocenters. The van der Waals surface area contributed by atoms with Gasteiger partial charge in [0.05, 0.1) is 24.2 Å². The molecule has 5 unspecified atom stereocenters. The molecule has 4 N–H and O–H groups in total. The van der Waals surface area contributed by atoms with Gasteiger partial charge in [-0.05, 0) is 42.2 Å². The summed E-state index contributed by atoms with van der Waals surface area (Å²) in [4.78, 5) is 24.7. The third kappa shape index (κ3) is 5.34. The van der Waals surface area contributed by atoms with Crippen LogP contribution in [0.25, 0.3) is 0 Å². The van der Waals surface area contributed by atoms with Crippen molar-refractivity contribution >= 4 is 11.6 Å². The third-order valence-electron chi connectivity index (χ3n) is 7.38. The molecule has 2 heterocycles. The number of hydrazine groups is 1. The van der Waals surface area contributed by atoms with Crippen LogP contribution >= 0.6 is 0 Å². The van der Waals surface area contributed by atoms with Gasteiger partial charge in [0.15, 0.2) is 0 Å². The van der Waals surface area contributed by atoms with E-state index in [-0.39, 0.29) is 41.7 Å². The molecule has 1 amide bonds. The molecule has 0 saturated carbocycles. The van der Waals surface area contributed by atoms with Crippen molar-refractivity contribution in [3.8, 4) is 5.75 Å². The summed E-state index contributed by atoms with van der Waals surface area (Å²) in [5.41, 5.74) is 10.7. The predicted octanol–water partition coefficient (Wildman–Crippen LogP) is 3.67. The van der Waals surface area contributed by atoms with Crippen LogP contribution in [-0.2, 0) is 11.3 Å². The van der Waals surface area contributed by atoms with Gasteiger partial charge in [-0.25, -0.2) is 10.9 Å². The van der Waals surface area contributed by atoms with Gasteiger partial charge in [0, 0.05) is 36.6 Å². The van der Waals surface area contributed by atoms with Crippen molar-refractivity contribution in [3.05, 3.63) is 105 Å². The van der Waals surface area contributed by atoms with Gasteiger partial charge in [0.1, 0.15) is 5.75 Å². The Kier molecular flexibility index (Phi) is 7.18. The number of piperidine rings is 1. The largest absolute Gasteiger partial charge is 0.497 e. The number of nitrogens with zero attached hydrogens (tertiary/aromatic N) is 1. The summed E-state index contributed by atoms with van der Waals surface area (Å²) in [6.07, 6.45) is 0.377. The quantitative estimate of drug-likeness (QED) is 0.288. The summed E-state index contributed by atoms with van der Waals surface area (Å²) in [5.74, 6) is 0.248. The van der Waals surface area contributed by atoms with Crippen molar-refractivity contribution in [2.24, 2.45) is 11.8 Å². The van der Waals surface area contributed by atoms with Gasteiger partial charge in [-0.1, -0.05) is 54.1 Å². The second-order valence-electron chi connectivity index (χ2n) is 9.71. The van der Waals surface area contributed by atoms with Crippen molar-refractivity contribution in [2.45, 2.75) is 38.1 Å². The van der Waals surface area contributed by atoms with Crippen molar-refractivity contribution in [1.29, 1.82) is 0 Å². The summed E-state index contributed by atoms with van der Waals surface area (Å²) < 4.78 is 5.30. The van der Waals surface area contributed by atoms with Crippen molar-refractivity contribution in [2.75, 3.05) is 7.11 Å². The Labute approximate surface area is 215 Å². The number of ether oxygens (including phenoxy) is 1. The molecule has 9 heteroatoms. The highest BCUT2D eigenvalue weighted by molar-refractivity contribution is 5.79. The second kappa shape index (κ2) is 10.7. The first-order valence-electron chi connectivity index (χ1n) is 12.4. The first kappa shape index (κ1) is 24.9. The maximum absolute atomic E-state index is 13.7. The fourth-order valence-corrected chi connectivity index (χ4v) is 5.39. The Balaban J connectivity index is 1.42. The van der Waals surface area contributed by atoms with Crippen LogP contribution in [0.4, 0.5) is 5.69 Å². The maximum atomic E-state index is 13.7. The molecule has 3 aromatic carbocycles. The predicted molar refractivity (Wildman–Crippen MR) is 139 cm³/mol. The zero-order chi connectivity index (χ0) is 25.9. The Bertz CT molecular complexity index is 1260. The number of nitro groups is 1. The average molecular weight is 502 g/mol. The number of nitrogens with one attached hydrogen (secondary N) is 4. The molecular formula is C28H31N5O4. The van der Waals surface area contributed by atoms with Gasteiger partial charge in [-0.2, -0.15) is 0 Å². The molecule has 0 bridgehead atoms. The molecule has 3 aromatic rings. The van der Waals surface area contributed by atoms with Crippen molar-refractivity contribution < 1.29 is 14.5 Å². The normalized spacial score (nSPS) is 24.8. The van der Waals surface area contributed by atoms with Gasteiger partial charge in [0.2, 0.25) is 5.91 Å². The molecule has 192 valence electrons. The minimum absolute atomic E-state index is 0.0306. The number of carbonyl (C=O) groups excluding carboxylic acids is 1. The monoisotopic (exact) mass is 501 g/mol. The summed E-state index contributed by atoms with van der Waals surface area (Å²) in [6.45, 7) is 2.47. The van der Waals surface area contributed by atoms with Crippen LogP contribution in [-0.4, -0.2) is 24.1 Å². The SMILES string of the molecule is COc1ccc(C2CC(C(=O)NCc3ccc(C)cc3)C3C(NNC3c3cccc([N+](=O)[O-])c3)N2)cc1. The highest BCUT2D eigenvalue weighted by Crippen LogP contribution is 2.43. The standard InChI is InChI=1S/C28H31N5O4/c1-17-6-8-18(9-7-17)16-29-28(34)23-15-24(19-10-12-22(37-2)13-11-19)30-27-25(23)26(31-32-27)20-4-3-5-21(14-20)33(35)36/h3-14,23-27,30-32H,15-16H2,1-2H3,(H,29,34). The van der Waals surface area contributed by atoms with Gasteiger partial charge in [-0.15, -0.1) is 0 Å². The van der Waals surface area contributed by atoms with Crippen LogP contribution < -0.4 is 26.2 Å². The molecule has 9 nitrogen and oxygen atoms in total. The van der Waals surface area contributed by atoms with E-state index in [0.29, 0.717) is 13.0 Å². The van der Waals surface area contributed by atoms with Crippen LogP contribution in [0.15, 0.2) is 72.8 Å². The van der Waals surface area contributed by atoms with Crippen LogP contribution in [0.2, 0.25) is 0 Å². The molecular weight excluding hydrogens is 470 g/mol. The van der Waals surface area contributed by atoms with Gasteiger partial charge < -0.3 is 10.1 Å². The average Bonchev–Trinajstić information content (AvgIpc) is 3.36. The molecule has 2 fully saturated rings. The zero-order valence-electron chi connectivity index (χ0n) is 20.8. The van der Waals surface area contributed by atoms with Crippen LogP contribution in [0.5, 0.6) is 5.75 Å². The van der Waals surface area contributed by atoms with E-state index in [2.05, 4.69) is 21.5 Å². The third-order valence-corrected chi connectivity index (χ3v) is 7.38. The van der Waals surface area contributed by atoms with Crippen LogP contribution in [0, 0.1) is 28.9 Å². The number of hydrogen-bond acceptors (Lipinski definition) is 7. The topological polar surface area (TPSA) is 118 Å². The molecule has 0 aliphatic carbocycles. The molecule has 5 rings (SSSR count). The second-order valence-corrected chi connectivity index (χ2v) is 9.71. The molecule has 2 aliphatic rings. The summed E-state index contributed by atoms with van der Waals surface area (Å²) >= 11 is 0. The van der Waals surface area contributed by atoms with Gasteiger partial charge in [0.25, 0.3) is 5.69 Å². The molecule has 0 aromatic heterocycles. The number of amides is 1. The highest BCUT2D eigenvalue weighted by atomic mass is 16.6. The minimum Gasteiger partial charge on any atom is -0.497 e. The number of rotatable bonds is 7. The summed E-state index contributed by atoms with van der Waals surface area (Å²) in [7, 11) is 1.63. The lowest BCUT2D eigenvalue weighted by molar-refractivity contribution is -0.384. The molecule has 0 radical (unpaired) electrons.